The van der Waals surface area contributed by atoms with Crippen LogP contribution in [-0.2, 0) is 6.54 Å². The van der Waals surface area contributed by atoms with Crippen LogP contribution in [0.1, 0.15) is 32.0 Å². The molecule has 0 saturated carbocycles. The summed E-state index contributed by atoms with van der Waals surface area (Å²) in [6, 6.07) is 6.71. The smallest absolute Gasteiger partial charge is 0.159 e. The number of aromatic nitrogens is 2. The molecule has 0 aliphatic carbocycles. The molecule has 106 valence electrons. The predicted molar refractivity (Wildman–Crippen MR) is 78.8 cm³/mol. The summed E-state index contributed by atoms with van der Waals surface area (Å²) in [5.41, 5.74) is 2.49. The van der Waals surface area contributed by atoms with Gasteiger partial charge in [-0.25, -0.2) is 14.4 Å². The van der Waals surface area contributed by atoms with Crippen molar-refractivity contribution in [2.75, 3.05) is 0 Å². The largest absolute Gasteiger partial charge is 0.306 e. The summed E-state index contributed by atoms with van der Waals surface area (Å²) < 4.78 is 13.5. The summed E-state index contributed by atoms with van der Waals surface area (Å²) in [6.45, 7) is 8.83. The molecule has 0 saturated heterocycles. The van der Waals surface area contributed by atoms with Gasteiger partial charge in [-0.1, -0.05) is 0 Å². The van der Waals surface area contributed by atoms with Gasteiger partial charge in [-0.2, -0.15) is 0 Å². The summed E-state index contributed by atoms with van der Waals surface area (Å²) >= 11 is 0. The minimum absolute atomic E-state index is 0.0283. The number of aryl methyl sites for hydroxylation is 1. The van der Waals surface area contributed by atoms with Gasteiger partial charge in [0, 0.05) is 23.8 Å². The van der Waals surface area contributed by atoms with Crippen molar-refractivity contribution in [1.82, 2.24) is 15.3 Å². The van der Waals surface area contributed by atoms with E-state index in [4.69, 9.17) is 0 Å². The van der Waals surface area contributed by atoms with Crippen LogP contribution >= 0.6 is 0 Å². The first-order valence-corrected chi connectivity index (χ1v) is 6.68. The lowest BCUT2D eigenvalue weighted by molar-refractivity contribution is 0.421. The molecule has 20 heavy (non-hydrogen) atoms. The van der Waals surface area contributed by atoms with E-state index >= 15 is 0 Å². The molecule has 1 aromatic carbocycles. The Labute approximate surface area is 119 Å². The highest BCUT2D eigenvalue weighted by Gasteiger charge is 2.10. The van der Waals surface area contributed by atoms with Gasteiger partial charge < -0.3 is 5.32 Å². The van der Waals surface area contributed by atoms with Crippen LogP contribution in [0.15, 0.2) is 30.5 Å². The molecule has 1 N–H and O–H groups in total. The average molecular weight is 273 g/mol. The fraction of sp³-hybridized carbons (Fsp3) is 0.375. The van der Waals surface area contributed by atoms with E-state index in [1.165, 1.54) is 12.1 Å². The van der Waals surface area contributed by atoms with Crippen molar-refractivity contribution >= 4 is 0 Å². The summed E-state index contributed by atoms with van der Waals surface area (Å²) in [6.07, 6.45) is 1.71. The Morgan fingerprint density at radius 2 is 1.95 bits per heavy atom. The molecule has 1 aromatic heterocycles. The highest BCUT2D eigenvalue weighted by atomic mass is 19.1. The van der Waals surface area contributed by atoms with E-state index in [0.717, 1.165) is 11.3 Å². The zero-order valence-electron chi connectivity index (χ0n) is 12.4. The van der Waals surface area contributed by atoms with Crippen LogP contribution in [0.5, 0.6) is 0 Å². The maximum atomic E-state index is 13.5. The Hall–Kier alpha value is -1.81. The summed E-state index contributed by atoms with van der Waals surface area (Å²) in [5.74, 6) is 0.294. The van der Waals surface area contributed by atoms with Gasteiger partial charge in [0.05, 0.1) is 5.69 Å². The van der Waals surface area contributed by atoms with E-state index in [0.29, 0.717) is 17.9 Å². The van der Waals surface area contributed by atoms with Crippen LogP contribution < -0.4 is 5.32 Å². The van der Waals surface area contributed by atoms with Crippen molar-refractivity contribution in [3.8, 4) is 11.4 Å². The van der Waals surface area contributed by atoms with Crippen LogP contribution in [-0.4, -0.2) is 15.5 Å². The SMILES string of the molecule is Cc1cc(F)cc(-c2nccc(CNC(C)(C)C)n2)c1. The van der Waals surface area contributed by atoms with Gasteiger partial charge in [0.1, 0.15) is 5.82 Å². The van der Waals surface area contributed by atoms with Crippen LogP contribution in [0.3, 0.4) is 0 Å². The summed E-state index contributed by atoms with van der Waals surface area (Å²) in [4.78, 5) is 8.72. The van der Waals surface area contributed by atoms with Gasteiger partial charge in [-0.05, 0) is 57.5 Å². The lowest BCUT2D eigenvalue weighted by Gasteiger charge is -2.20. The molecule has 0 unspecified atom stereocenters. The molecule has 0 amide bonds. The first-order valence-electron chi connectivity index (χ1n) is 6.68. The van der Waals surface area contributed by atoms with Crippen LogP contribution in [0.2, 0.25) is 0 Å². The van der Waals surface area contributed by atoms with Crippen molar-refractivity contribution in [1.29, 1.82) is 0 Å². The molecule has 0 spiro atoms. The average Bonchev–Trinajstić information content (AvgIpc) is 2.35. The molecule has 0 aliphatic rings. The predicted octanol–water partition coefficient (Wildman–Crippen LogP) is 3.48. The Balaban J connectivity index is 2.25. The van der Waals surface area contributed by atoms with Crippen molar-refractivity contribution in [3.63, 3.8) is 0 Å². The van der Waals surface area contributed by atoms with E-state index in [-0.39, 0.29) is 11.4 Å². The second-order valence-electron chi connectivity index (χ2n) is 5.99. The van der Waals surface area contributed by atoms with Gasteiger partial charge in [-0.3, -0.25) is 0 Å². The summed E-state index contributed by atoms with van der Waals surface area (Å²) in [5, 5.41) is 3.38. The van der Waals surface area contributed by atoms with Crippen LogP contribution in [0.25, 0.3) is 11.4 Å². The van der Waals surface area contributed by atoms with Crippen LogP contribution in [0, 0.1) is 12.7 Å². The zero-order chi connectivity index (χ0) is 14.8. The molecule has 2 rings (SSSR count). The molecule has 2 aromatic rings. The second kappa shape index (κ2) is 5.67. The van der Waals surface area contributed by atoms with E-state index < -0.39 is 0 Å². The normalized spacial score (nSPS) is 11.7. The molecule has 3 nitrogen and oxygen atoms in total. The van der Waals surface area contributed by atoms with Gasteiger partial charge >= 0.3 is 0 Å². The third-order valence-corrected chi connectivity index (χ3v) is 2.81. The highest BCUT2D eigenvalue weighted by molar-refractivity contribution is 5.56. The Morgan fingerprint density at radius 3 is 2.60 bits per heavy atom. The fourth-order valence-corrected chi connectivity index (χ4v) is 1.85. The topological polar surface area (TPSA) is 37.8 Å². The second-order valence-corrected chi connectivity index (χ2v) is 5.99. The third-order valence-electron chi connectivity index (χ3n) is 2.81. The Kier molecular flexibility index (Phi) is 4.14. The number of benzene rings is 1. The minimum atomic E-state index is -0.262. The standard InChI is InChI=1S/C16H20FN3/c1-11-7-12(9-13(17)8-11)15-18-6-5-14(20-15)10-19-16(2,3)4/h5-9,19H,10H2,1-4H3. The first kappa shape index (κ1) is 14.6. The molecule has 0 bridgehead atoms. The number of nitrogens with zero attached hydrogens (tertiary/aromatic N) is 2. The Morgan fingerprint density at radius 1 is 1.20 bits per heavy atom. The van der Waals surface area contributed by atoms with Crippen molar-refractivity contribution in [2.45, 2.75) is 39.8 Å². The van der Waals surface area contributed by atoms with E-state index in [1.807, 2.05) is 19.1 Å². The van der Waals surface area contributed by atoms with Crippen molar-refractivity contribution in [3.05, 3.63) is 47.5 Å². The summed E-state index contributed by atoms with van der Waals surface area (Å²) in [7, 11) is 0. The third kappa shape index (κ3) is 4.10. The molecule has 1 heterocycles. The van der Waals surface area contributed by atoms with Crippen molar-refractivity contribution in [2.24, 2.45) is 0 Å². The lowest BCUT2D eigenvalue weighted by atomic mass is 10.1. The molecule has 0 fully saturated rings. The monoisotopic (exact) mass is 273 g/mol. The minimum Gasteiger partial charge on any atom is -0.306 e. The Bertz CT molecular complexity index is 583. The number of halogens is 1. The van der Waals surface area contributed by atoms with E-state index in [9.17, 15) is 4.39 Å². The lowest BCUT2D eigenvalue weighted by Crippen LogP contribution is -2.35. The number of nitrogens with one attached hydrogen (secondary N) is 1. The molecular weight excluding hydrogens is 253 g/mol. The quantitative estimate of drug-likeness (QED) is 0.930. The zero-order valence-corrected chi connectivity index (χ0v) is 12.4. The van der Waals surface area contributed by atoms with Gasteiger partial charge in [0.2, 0.25) is 0 Å². The van der Waals surface area contributed by atoms with Crippen molar-refractivity contribution < 1.29 is 4.39 Å². The molecule has 0 atom stereocenters. The maximum Gasteiger partial charge on any atom is 0.159 e. The molecular formula is C16H20FN3. The highest BCUT2D eigenvalue weighted by Crippen LogP contribution is 2.18. The van der Waals surface area contributed by atoms with E-state index in [2.05, 4.69) is 36.1 Å². The fourth-order valence-electron chi connectivity index (χ4n) is 1.85. The molecule has 4 heteroatoms. The van der Waals surface area contributed by atoms with Gasteiger partial charge in [0.25, 0.3) is 0 Å². The van der Waals surface area contributed by atoms with Gasteiger partial charge in [0.15, 0.2) is 5.82 Å². The van der Waals surface area contributed by atoms with Crippen LogP contribution in [0.4, 0.5) is 4.39 Å². The first-order chi connectivity index (χ1) is 9.33. The number of hydrogen-bond donors (Lipinski definition) is 1. The molecule has 0 aliphatic heterocycles. The van der Waals surface area contributed by atoms with E-state index in [1.54, 1.807) is 6.20 Å². The number of rotatable bonds is 3. The molecule has 0 radical (unpaired) electrons. The number of hydrogen-bond acceptors (Lipinski definition) is 3. The van der Waals surface area contributed by atoms with Gasteiger partial charge in [-0.15, -0.1) is 0 Å². The maximum absolute atomic E-state index is 13.5.